The van der Waals surface area contributed by atoms with E-state index in [1.165, 1.54) is 18.3 Å². The molecule has 7 heteroatoms. The van der Waals surface area contributed by atoms with Crippen molar-refractivity contribution in [2.24, 2.45) is 0 Å². The molecule has 6 nitrogen and oxygen atoms in total. The highest BCUT2D eigenvalue weighted by Gasteiger charge is 2.22. The molecule has 2 amide bonds. The van der Waals surface area contributed by atoms with Gasteiger partial charge in [0.15, 0.2) is 6.61 Å². The lowest BCUT2D eigenvalue weighted by atomic mass is 10.0. The molecule has 1 unspecified atom stereocenters. The van der Waals surface area contributed by atoms with Crippen LogP contribution < -0.4 is 10.6 Å². The maximum Gasteiger partial charge on any atom is 0.341 e. The zero-order valence-corrected chi connectivity index (χ0v) is 17.0. The zero-order chi connectivity index (χ0) is 20.1. The van der Waals surface area contributed by atoms with Gasteiger partial charge in [0.05, 0.1) is 11.6 Å². The van der Waals surface area contributed by atoms with Crippen molar-refractivity contribution in [2.45, 2.75) is 40.7 Å². The third-order valence-corrected chi connectivity index (χ3v) is 5.37. The van der Waals surface area contributed by atoms with Gasteiger partial charge in [0.1, 0.15) is 5.00 Å². The first-order valence-electron chi connectivity index (χ1n) is 8.60. The molecule has 0 spiro atoms. The fourth-order valence-corrected chi connectivity index (χ4v) is 3.85. The lowest BCUT2D eigenvalue weighted by Gasteiger charge is -2.16. The molecular weight excluding hydrogens is 364 g/mol. The van der Waals surface area contributed by atoms with Gasteiger partial charge in [-0.05, 0) is 44.4 Å². The van der Waals surface area contributed by atoms with E-state index >= 15 is 0 Å². The van der Waals surface area contributed by atoms with Crippen molar-refractivity contribution in [2.75, 3.05) is 11.9 Å². The van der Waals surface area contributed by atoms with Crippen molar-refractivity contribution in [3.8, 4) is 0 Å². The molecule has 0 saturated heterocycles. The number of amides is 2. The van der Waals surface area contributed by atoms with Crippen molar-refractivity contribution in [1.29, 1.82) is 0 Å². The van der Waals surface area contributed by atoms with E-state index < -0.39 is 5.97 Å². The summed E-state index contributed by atoms with van der Waals surface area (Å²) >= 11 is 1.31. The summed E-state index contributed by atoms with van der Waals surface area (Å²) < 4.78 is 5.18. The topological polar surface area (TPSA) is 84.5 Å². The summed E-state index contributed by atoms with van der Waals surface area (Å²) in [4.78, 5) is 36.9. The van der Waals surface area contributed by atoms with Crippen molar-refractivity contribution in [1.82, 2.24) is 5.32 Å². The first-order valence-corrected chi connectivity index (χ1v) is 9.42. The van der Waals surface area contributed by atoms with Crippen LogP contribution in [0.1, 0.15) is 51.8 Å². The van der Waals surface area contributed by atoms with Crippen molar-refractivity contribution >= 4 is 34.1 Å². The molecule has 1 aromatic carbocycles. The molecule has 0 aliphatic heterocycles. The molecular formula is C20H24N2O4S. The van der Waals surface area contributed by atoms with E-state index in [9.17, 15) is 14.4 Å². The van der Waals surface area contributed by atoms with Crippen LogP contribution in [0, 0.1) is 20.8 Å². The van der Waals surface area contributed by atoms with Crippen LogP contribution in [0.25, 0.3) is 0 Å². The first-order chi connectivity index (χ1) is 12.7. The highest BCUT2D eigenvalue weighted by molar-refractivity contribution is 7.16. The molecule has 1 atom stereocenters. The molecule has 0 aliphatic rings. The van der Waals surface area contributed by atoms with E-state index in [4.69, 9.17) is 4.74 Å². The number of nitrogens with one attached hydrogen (secondary N) is 2. The number of carbonyl (C=O) groups is 3. The number of ether oxygens (including phenoxy) is 1. The third-order valence-electron chi connectivity index (χ3n) is 4.25. The molecule has 2 N–H and O–H groups in total. The van der Waals surface area contributed by atoms with Crippen molar-refractivity contribution in [3.05, 3.63) is 51.4 Å². The van der Waals surface area contributed by atoms with Gasteiger partial charge in [0.25, 0.3) is 5.91 Å². The minimum absolute atomic E-state index is 0.197. The monoisotopic (exact) mass is 388 g/mol. The van der Waals surface area contributed by atoms with Gasteiger partial charge >= 0.3 is 5.97 Å². The Balaban J connectivity index is 2.00. The Bertz CT molecular complexity index is 873. The van der Waals surface area contributed by atoms with Gasteiger partial charge in [-0.15, -0.1) is 11.3 Å². The van der Waals surface area contributed by atoms with Crippen LogP contribution in [0.2, 0.25) is 0 Å². The number of aryl methyl sites for hydroxylation is 2. The molecule has 27 heavy (non-hydrogen) atoms. The van der Waals surface area contributed by atoms with Crippen LogP contribution in [-0.2, 0) is 14.3 Å². The normalized spacial score (nSPS) is 11.6. The maximum absolute atomic E-state index is 12.4. The molecule has 0 aliphatic carbocycles. The predicted octanol–water partition coefficient (Wildman–Crippen LogP) is 3.67. The fourth-order valence-electron chi connectivity index (χ4n) is 2.76. The molecule has 0 fully saturated rings. The summed E-state index contributed by atoms with van der Waals surface area (Å²) in [5.74, 6) is -1.28. The standard InChI is InChI=1S/C20H24N2O4S/c1-11-8-6-7-9-16(11)13(3)21-17(24)10-26-20(25)18-12(2)14(4)27-19(18)22-15(5)23/h6-9,13H,10H2,1-5H3,(H,21,24)(H,22,23). The number of rotatable bonds is 6. The Hall–Kier alpha value is -2.67. The Labute approximate surface area is 162 Å². The van der Waals surface area contributed by atoms with Gasteiger partial charge < -0.3 is 15.4 Å². The number of esters is 1. The second-order valence-electron chi connectivity index (χ2n) is 6.39. The minimum Gasteiger partial charge on any atom is -0.452 e. The molecule has 0 bridgehead atoms. The first kappa shape index (κ1) is 20.6. The molecule has 1 heterocycles. The number of benzene rings is 1. The summed E-state index contributed by atoms with van der Waals surface area (Å²) in [6.45, 7) is 8.49. The van der Waals surface area contributed by atoms with Crippen molar-refractivity contribution in [3.63, 3.8) is 0 Å². The van der Waals surface area contributed by atoms with Gasteiger partial charge in [0, 0.05) is 11.8 Å². The maximum atomic E-state index is 12.4. The molecule has 0 radical (unpaired) electrons. The molecule has 0 saturated carbocycles. The molecule has 144 valence electrons. The van der Waals surface area contributed by atoms with Crippen LogP contribution in [-0.4, -0.2) is 24.4 Å². The SMILES string of the molecule is CC(=O)Nc1sc(C)c(C)c1C(=O)OCC(=O)NC(C)c1ccccc1C. The number of hydrogen-bond donors (Lipinski definition) is 2. The largest absolute Gasteiger partial charge is 0.452 e. The average molecular weight is 388 g/mol. The lowest BCUT2D eigenvalue weighted by Crippen LogP contribution is -2.31. The van der Waals surface area contributed by atoms with Gasteiger partial charge in [0.2, 0.25) is 5.91 Å². The predicted molar refractivity (Wildman–Crippen MR) is 106 cm³/mol. The lowest BCUT2D eigenvalue weighted by molar-refractivity contribution is -0.124. The second kappa shape index (κ2) is 8.81. The fraction of sp³-hybridized carbons (Fsp3) is 0.350. The number of hydrogen-bond acceptors (Lipinski definition) is 5. The Morgan fingerprint density at radius 2 is 1.81 bits per heavy atom. The Morgan fingerprint density at radius 3 is 2.44 bits per heavy atom. The molecule has 1 aromatic heterocycles. The van der Waals surface area contributed by atoms with Crippen LogP contribution in [0.4, 0.5) is 5.00 Å². The van der Waals surface area contributed by atoms with E-state index in [1.807, 2.05) is 45.0 Å². The summed E-state index contributed by atoms with van der Waals surface area (Å²) in [6, 6.07) is 7.58. The Kier molecular flexibility index (Phi) is 6.74. The van der Waals surface area contributed by atoms with E-state index in [2.05, 4.69) is 10.6 Å². The van der Waals surface area contributed by atoms with Gasteiger partial charge in [-0.1, -0.05) is 24.3 Å². The highest BCUT2D eigenvalue weighted by Crippen LogP contribution is 2.33. The zero-order valence-electron chi connectivity index (χ0n) is 16.1. The second-order valence-corrected chi connectivity index (χ2v) is 7.62. The third kappa shape index (κ3) is 5.17. The summed E-state index contributed by atoms with van der Waals surface area (Å²) in [5.41, 5.74) is 3.12. The van der Waals surface area contributed by atoms with Crippen LogP contribution in [0.3, 0.4) is 0 Å². The van der Waals surface area contributed by atoms with Crippen LogP contribution >= 0.6 is 11.3 Å². The van der Waals surface area contributed by atoms with E-state index in [-0.39, 0.29) is 24.5 Å². The summed E-state index contributed by atoms with van der Waals surface area (Å²) in [7, 11) is 0. The van der Waals surface area contributed by atoms with Gasteiger partial charge in [-0.2, -0.15) is 0 Å². The quantitative estimate of drug-likeness (QED) is 0.740. The van der Waals surface area contributed by atoms with E-state index in [1.54, 1.807) is 6.92 Å². The minimum atomic E-state index is -0.626. The number of anilines is 1. The molecule has 2 aromatic rings. The Morgan fingerprint density at radius 1 is 1.15 bits per heavy atom. The number of thiophene rings is 1. The van der Waals surface area contributed by atoms with Crippen LogP contribution in [0.5, 0.6) is 0 Å². The molecule has 2 rings (SSSR count). The summed E-state index contributed by atoms with van der Waals surface area (Å²) in [6.07, 6.45) is 0. The summed E-state index contributed by atoms with van der Waals surface area (Å²) in [5, 5.41) is 5.91. The van der Waals surface area contributed by atoms with E-state index in [0.29, 0.717) is 10.6 Å². The van der Waals surface area contributed by atoms with Gasteiger partial charge in [-0.25, -0.2) is 4.79 Å². The van der Waals surface area contributed by atoms with E-state index in [0.717, 1.165) is 21.6 Å². The van der Waals surface area contributed by atoms with Gasteiger partial charge in [-0.3, -0.25) is 9.59 Å². The highest BCUT2D eigenvalue weighted by atomic mass is 32.1. The number of carbonyl (C=O) groups excluding carboxylic acids is 3. The smallest absolute Gasteiger partial charge is 0.341 e. The average Bonchev–Trinajstić information content (AvgIpc) is 2.86. The van der Waals surface area contributed by atoms with Crippen molar-refractivity contribution < 1.29 is 19.1 Å². The van der Waals surface area contributed by atoms with Crippen LogP contribution in [0.15, 0.2) is 24.3 Å².